The molecule has 0 atom stereocenters. The van der Waals surface area contributed by atoms with Gasteiger partial charge in [0.25, 0.3) is 5.69 Å². The quantitative estimate of drug-likeness (QED) is 0.380. The molecule has 114 valence electrons. The summed E-state index contributed by atoms with van der Waals surface area (Å²) in [6.45, 7) is 1.82. The van der Waals surface area contributed by atoms with Crippen molar-refractivity contribution in [3.05, 3.63) is 69.8 Å². The second-order valence-corrected chi connectivity index (χ2v) is 4.82. The van der Waals surface area contributed by atoms with E-state index in [0.29, 0.717) is 5.69 Å². The van der Waals surface area contributed by atoms with Gasteiger partial charge in [-0.3, -0.25) is 10.1 Å². The van der Waals surface area contributed by atoms with E-state index in [1.54, 1.807) is 43.3 Å². The minimum absolute atomic E-state index is 0.0565. The first-order valence-electron chi connectivity index (χ1n) is 6.79. The van der Waals surface area contributed by atoms with Crippen LogP contribution >= 0.6 is 0 Å². The molecule has 0 amide bonds. The van der Waals surface area contributed by atoms with E-state index in [1.807, 2.05) is 12.2 Å². The van der Waals surface area contributed by atoms with E-state index in [9.17, 15) is 20.5 Å². The van der Waals surface area contributed by atoms with Gasteiger partial charge in [0.1, 0.15) is 6.54 Å². The molecule has 0 unspecified atom stereocenters. The molecule has 2 aromatic rings. The van der Waals surface area contributed by atoms with Crippen molar-refractivity contribution in [2.75, 3.05) is 6.54 Å². The second-order valence-electron chi connectivity index (χ2n) is 4.82. The fourth-order valence-electron chi connectivity index (χ4n) is 1.91. The Morgan fingerprint density at radius 2 is 1.45 bits per heavy atom. The number of benzene rings is 2. The summed E-state index contributed by atoms with van der Waals surface area (Å²) in [4.78, 5) is 8.99. The molecule has 22 heavy (non-hydrogen) atoms. The van der Waals surface area contributed by atoms with Crippen LogP contribution < -0.4 is 4.81 Å². The molecule has 0 fully saturated rings. The Labute approximate surface area is 127 Å². The molecular formula is C16H17N2O4+. The van der Waals surface area contributed by atoms with Gasteiger partial charge in [0, 0.05) is 24.3 Å². The van der Waals surface area contributed by atoms with Crippen LogP contribution in [0.25, 0.3) is 12.2 Å². The lowest BCUT2D eigenvalue weighted by atomic mass is 10.1. The molecule has 6 nitrogen and oxygen atoms in total. The Kier molecular flexibility index (Phi) is 4.67. The van der Waals surface area contributed by atoms with Crippen LogP contribution in [0, 0.1) is 10.1 Å². The number of non-ortho nitro benzene ring substituents is 1. The average molecular weight is 301 g/mol. The fraction of sp³-hybridized carbons (Fsp3) is 0.125. The van der Waals surface area contributed by atoms with Crippen molar-refractivity contribution in [3.8, 4) is 0 Å². The molecule has 6 heteroatoms. The molecule has 0 saturated carbocycles. The van der Waals surface area contributed by atoms with Crippen molar-refractivity contribution in [2.24, 2.45) is 0 Å². The van der Waals surface area contributed by atoms with Crippen LogP contribution in [0.15, 0.2) is 48.5 Å². The molecule has 2 N–H and O–H groups in total. The predicted octanol–water partition coefficient (Wildman–Crippen LogP) is 3.87. The summed E-state index contributed by atoms with van der Waals surface area (Å²) in [5, 5.41) is 29.9. The van der Waals surface area contributed by atoms with Gasteiger partial charge in [0.2, 0.25) is 0 Å². The molecular weight excluding hydrogens is 284 g/mol. The largest absolute Gasteiger partial charge is 0.269 e. The summed E-state index contributed by atoms with van der Waals surface area (Å²) in [5.74, 6) is 0. The van der Waals surface area contributed by atoms with E-state index in [0.717, 1.165) is 11.1 Å². The van der Waals surface area contributed by atoms with Crippen LogP contribution in [0.4, 0.5) is 11.4 Å². The molecule has 0 aromatic heterocycles. The van der Waals surface area contributed by atoms with Crippen LogP contribution in [0.5, 0.6) is 0 Å². The SMILES string of the molecule is CC[N+](O)(O)c1ccc(C=Cc2ccc([N+](=O)[O-])cc2)cc1. The Morgan fingerprint density at radius 3 is 1.86 bits per heavy atom. The van der Waals surface area contributed by atoms with Gasteiger partial charge in [0.15, 0.2) is 5.69 Å². The summed E-state index contributed by atoms with van der Waals surface area (Å²) in [6, 6.07) is 13.1. The van der Waals surface area contributed by atoms with E-state index in [4.69, 9.17) is 0 Å². The average Bonchev–Trinajstić information content (AvgIpc) is 2.53. The van der Waals surface area contributed by atoms with Crippen LogP contribution in [0.3, 0.4) is 0 Å². The molecule has 2 aromatic carbocycles. The van der Waals surface area contributed by atoms with Gasteiger partial charge in [-0.25, -0.2) is 0 Å². The zero-order valence-corrected chi connectivity index (χ0v) is 12.1. The van der Waals surface area contributed by atoms with Crippen molar-refractivity contribution in [1.82, 2.24) is 4.81 Å². The van der Waals surface area contributed by atoms with Crippen molar-refractivity contribution in [3.63, 3.8) is 0 Å². The fourth-order valence-corrected chi connectivity index (χ4v) is 1.91. The van der Waals surface area contributed by atoms with Crippen molar-refractivity contribution in [1.29, 1.82) is 0 Å². The van der Waals surface area contributed by atoms with Crippen molar-refractivity contribution in [2.45, 2.75) is 6.92 Å². The Balaban J connectivity index is 2.11. The Hall–Kier alpha value is -2.54. The van der Waals surface area contributed by atoms with Gasteiger partial charge in [-0.2, -0.15) is 10.4 Å². The lowest BCUT2D eigenvalue weighted by molar-refractivity contribution is -0.384. The smallest absolute Gasteiger partial charge is 0.258 e. The number of hydroxylamine groups is 2. The van der Waals surface area contributed by atoms with Crippen LogP contribution in [0.2, 0.25) is 0 Å². The van der Waals surface area contributed by atoms with Gasteiger partial charge in [-0.05, 0) is 47.1 Å². The van der Waals surface area contributed by atoms with Gasteiger partial charge in [0.05, 0.1) is 4.92 Å². The number of rotatable bonds is 5. The molecule has 0 spiro atoms. The summed E-state index contributed by atoms with van der Waals surface area (Å²) >= 11 is 0. The summed E-state index contributed by atoms with van der Waals surface area (Å²) in [7, 11) is 0. The zero-order valence-electron chi connectivity index (χ0n) is 12.1. The summed E-state index contributed by atoms with van der Waals surface area (Å²) < 4.78 is 0. The number of nitro benzene ring substituents is 1. The number of quaternary nitrogens is 1. The number of nitro groups is 1. The third-order valence-electron chi connectivity index (χ3n) is 3.32. The first-order valence-corrected chi connectivity index (χ1v) is 6.79. The second kappa shape index (κ2) is 6.48. The van der Waals surface area contributed by atoms with E-state index < -0.39 is 9.73 Å². The van der Waals surface area contributed by atoms with E-state index in [1.165, 1.54) is 12.1 Å². The van der Waals surface area contributed by atoms with Gasteiger partial charge in [-0.1, -0.05) is 12.2 Å². The summed E-state index contributed by atoms with van der Waals surface area (Å²) in [5.41, 5.74) is 2.17. The molecule has 0 aliphatic carbocycles. The summed E-state index contributed by atoms with van der Waals surface area (Å²) in [6.07, 6.45) is 3.68. The van der Waals surface area contributed by atoms with Gasteiger partial charge < -0.3 is 0 Å². The highest BCUT2D eigenvalue weighted by atomic mass is 16.8. The molecule has 0 heterocycles. The van der Waals surface area contributed by atoms with Crippen molar-refractivity contribution < 1.29 is 15.3 Å². The predicted molar refractivity (Wildman–Crippen MR) is 84.4 cm³/mol. The molecule has 0 bridgehead atoms. The Morgan fingerprint density at radius 1 is 1.00 bits per heavy atom. The first-order chi connectivity index (χ1) is 10.4. The lowest BCUT2D eigenvalue weighted by Gasteiger charge is -2.18. The minimum Gasteiger partial charge on any atom is -0.258 e. The van der Waals surface area contributed by atoms with Crippen LogP contribution in [-0.2, 0) is 0 Å². The highest BCUT2D eigenvalue weighted by Gasteiger charge is 2.23. The molecule has 0 aliphatic heterocycles. The van der Waals surface area contributed by atoms with Crippen LogP contribution in [-0.4, -0.2) is 21.9 Å². The third kappa shape index (κ3) is 3.76. The maximum Gasteiger partial charge on any atom is 0.269 e. The van der Waals surface area contributed by atoms with E-state index in [2.05, 4.69) is 0 Å². The molecule has 0 saturated heterocycles. The molecule has 0 aliphatic rings. The normalized spacial score (nSPS) is 11.8. The zero-order chi connectivity index (χ0) is 16.2. The van der Waals surface area contributed by atoms with Crippen molar-refractivity contribution >= 4 is 23.5 Å². The van der Waals surface area contributed by atoms with E-state index >= 15 is 0 Å². The Bertz CT molecular complexity index is 676. The molecule has 2 rings (SSSR count). The maximum absolute atomic E-state index is 10.6. The number of hydrogen-bond acceptors (Lipinski definition) is 4. The van der Waals surface area contributed by atoms with Gasteiger partial charge >= 0.3 is 0 Å². The van der Waals surface area contributed by atoms with Crippen LogP contribution in [0.1, 0.15) is 18.1 Å². The number of nitrogens with zero attached hydrogens (tertiary/aromatic N) is 2. The third-order valence-corrected chi connectivity index (χ3v) is 3.32. The highest BCUT2D eigenvalue weighted by Crippen LogP contribution is 2.20. The standard InChI is InChI=1S/C16H17N2O4/c1-2-18(21,22)16-11-7-14(8-12-16)4-3-13-5-9-15(10-6-13)17(19)20/h3-12,21-22H,2H2,1H3/q+1. The monoisotopic (exact) mass is 301 g/mol. The topological polar surface area (TPSA) is 83.6 Å². The minimum atomic E-state index is -1.15. The van der Waals surface area contributed by atoms with Gasteiger partial charge in [-0.15, -0.1) is 0 Å². The number of hydrogen-bond donors (Lipinski definition) is 2. The maximum atomic E-state index is 10.6. The van der Waals surface area contributed by atoms with E-state index in [-0.39, 0.29) is 12.2 Å². The lowest BCUT2D eigenvalue weighted by Crippen LogP contribution is -2.41. The molecule has 0 radical (unpaired) electrons. The first kappa shape index (κ1) is 15.8. The highest BCUT2D eigenvalue weighted by molar-refractivity contribution is 5.70.